The van der Waals surface area contributed by atoms with Crippen molar-refractivity contribution in [2.75, 3.05) is 7.11 Å². The molecule has 0 aliphatic carbocycles. The minimum absolute atomic E-state index is 0.458. The molecule has 0 amide bonds. The van der Waals surface area contributed by atoms with E-state index < -0.39 is 0 Å². The summed E-state index contributed by atoms with van der Waals surface area (Å²) in [7, 11) is 1.70. The number of nitrogens with two attached hydrogens (primary N) is 1. The zero-order valence-corrected chi connectivity index (χ0v) is 12.2. The van der Waals surface area contributed by atoms with Crippen molar-refractivity contribution in [1.29, 1.82) is 0 Å². The predicted octanol–water partition coefficient (Wildman–Crippen LogP) is 4.09. The lowest BCUT2D eigenvalue weighted by atomic mass is 9.99. The van der Waals surface area contributed by atoms with E-state index in [1.165, 1.54) is 0 Å². The van der Waals surface area contributed by atoms with Gasteiger partial charge in [0.1, 0.15) is 5.75 Å². The molecule has 3 heteroatoms. The van der Waals surface area contributed by atoms with E-state index in [-0.39, 0.29) is 0 Å². The molecule has 0 saturated heterocycles. The molecule has 0 unspecified atom stereocenters. The number of rotatable bonds is 3. The van der Waals surface area contributed by atoms with E-state index in [1.807, 2.05) is 26.0 Å². The van der Waals surface area contributed by atoms with Crippen molar-refractivity contribution in [3.63, 3.8) is 0 Å². The van der Waals surface area contributed by atoms with Crippen LogP contribution in [0.2, 0.25) is 5.02 Å². The maximum atomic E-state index is 6.21. The van der Waals surface area contributed by atoms with Crippen molar-refractivity contribution in [1.82, 2.24) is 0 Å². The lowest BCUT2D eigenvalue weighted by molar-refractivity contribution is 0.408. The van der Waals surface area contributed by atoms with Crippen molar-refractivity contribution >= 4 is 11.6 Å². The molecule has 19 heavy (non-hydrogen) atoms. The van der Waals surface area contributed by atoms with E-state index in [4.69, 9.17) is 22.1 Å². The van der Waals surface area contributed by atoms with Crippen molar-refractivity contribution in [2.24, 2.45) is 5.73 Å². The van der Waals surface area contributed by atoms with Crippen LogP contribution in [0.5, 0.6) is 5.75 Å². The fourth-order valence-corrected chi connectivity index (χ4v) is 2.59. The standard InChI is InChI=1S/C16H18ClNO/c1-10-6-14(7-11(2)16(10)19-3)12-4-5-13(9-18)15(17)8-12/h4-8H,9,18H2,1-3H3. The van der Waals surface area contributed by atoms with Crippen LogP contribution in [0.25, 0.3) is 11.1 Å². The van der Waals surface area contributed by atoms with Crippen molar-refractivity contribution in [3.05, 3.63) is 52.0 Å². The van der Waals surface area contributed by atoms with E-state index in [9.17, 15) is 0 Å². The van der Waals surface area contributed by atoms with Crippen LogP contribution in [0.1, 0.15) is 16.7 Å². The van der Waals surface area contributed by atoms with Gasteiger partial charge in [0.2, 0.25) is 0 Å². The minimum Gasteiger partial charge on any atom is -0.496 e. The van der Waals surface area contributed by atoms with Gasteiger partial charge in [0.15, 0.2) is 0 Å². The minimum atomic E-state index is 0.458. The quantitative estimate of drug-likeness (QED) is 0.916. The highest BCUT2D eigenvalue weighted by Crippen LogP contribution is 2.31. The first kappa shape index (κ1) is 13.9. The van der Waals surface area contributed by atoms with E-state index >= 15 is 0 Å². The molecule has 2 nitrogen and oxygen atoms in total. The predicted molar refractivity (Wildman–Crippen MR) is 80.8 cm³/mol. The average molecular weight is 276 g/mol. The largest absolute Gasteiger partial charge is 0.496 e. The Morgan fingerprint density at radius 3 is 2.16 bits per heavy atom. The molecule has 0 aromatic heterocycles. The molecular weight excluding hydrogens is 258 g/mol. The van der Waals surface area contributed by atoms with E-state index in [2.05, 4.69) is 18.2 Å². The fourth-order valence-electron chi connectivity index (χ4n) is 2.33. The van der Waals surface area contributed by atoms with Crippen LogP contribution in [0.4, 0.5) is 0 Å². The Morgan fingerprint density at radius 1 is 1.05 bits per heavy atom. The summed E-state index contributed by atoms with van der Waals surface area (Å²) in [5.41, 5.74) is 11.1. The first-order valence-electron chi connectivity index (χ1n) is 6.21. The third kappa shape index (κ3) is 2.75. The topological polar surface area (TPSA) is 35.2 Å². The summed E-state index contributed by atoms with van der Waals surface area (Å²) in [6.07, 6.45) is 0. The monoisotopic (exact) mass is 275 g/mol. The maximum absolute atomic E-state index is 6.21. The number of ether oxygens (including phenoxy) is 1. The Balaban J connectivity index is 2.50. The maximum Gasteiger partial charge on any atom is 0.124 e. The second-order valence-corrected chi connectivity index (χ2v) is 5.06. The van der Waals surface area contributed by atoms with Crippen LogP contribution < -0.4 is 10.5 Å². The Morgan fingerprint density at radius 2 is 1.68 bits per heavy atom. The summed E-state index contributed by atoms with van der Waals surface area (Å²) in [6, 6.07) is 10.2. The molecule has 2 aromatic carbocycles. The second kappa shape index (κ2) is 5.64. The summed E-state index contributed by atoms with van der Waals surface area (Å²) in [6.45, 7) is 4.55. The molecule has 0 spiro atoms. The summed E-state index contributed by atoms with van der Waals surface area (Å²) < 4.78 is 5.38. The highest BCUT2D eigenvalue weighted by atomic mass is 35.5. The highest BCUT2D eigenvalue weighted by Gasteiger charge is 2.08. The van der Waals surface area contributed by atoms with Crippen LogP contribution in [0, 0.1) is 13.8 Å². The molecule has 0 saturated carbocycles. The fraction of sp³-hybridized carbons (Fsp3) is 0.250. The zero-order valence-electron chi connectivity index (χ0n) is 11.5. The molecule has 2 rings (SSSR count). The first-order valence-corrected chi connectivity index (χ1v) is 6.58. The van der Waals surface area contributed by atoms with Gasteiger partial charge in [0.25, 0.3) is 0 Å². The number of halogens is 1. The van der Waals surface area contributed by atoms with Crippen molar-refractivity contribution in [2.45, 2.75) is 20.4 Å². The van der Waals surface area contributed by atoms with Gasteiger partial charge in [-0.15, -0.1) is 0 Å². The van der Waals surface area contributed by atoms with Gasteiger partial charge in [-0.2, -0.15) is 0 Å². The third-order valence-electron chi connectivity index (χ3n) is 3.27. The summed E-state index contributed by atoms with van der Waals surface area (Å²) in [5.74, 6) is 0.938. The summed E-state index contributed by atoms with van der Waals surface area (Å²) >= 11 is 6.21. The molecule has 2 aromatic rings. The first-order chi connectivity index (χ1) is 9.06. The van der Waals surface area contributed by atoms with E-state index in [0.29, 0.717) is 11.6 Å². The zero-order chi connectivity index (χ0) is 14.0. The van der Waals surface area contributed by atoms with Gasteiger partial charge in [-0.1, -0.05) is 23.7 Å². The molecular formula is C16H18ClNO. The molecule has 100 valence electrons. The lowest BCUT2D eigenvalue weighted by Gasteiger charge is -2.12. The van der Waals surface area contributed by atoms with Gasteiger partial charge in [-0.05, 0) is 59.9 Å². The number of hydrogen-bond donors (Lipinski definition) is 1. The molecule has 2 N–H and O–H groups in total. The van der Waals surface area contributed by atoms with Gasteiger partial charge in [0.05, 0.1) is 7.11 Å². The van der Waals surface area contributed by atoms with Gasteiger partial charge in [-0.25, -0.2) is 0 Å². The summed E-state index contributed by atoms with van der Waals surface area (Å²) in [4.78, 5) is 0. The molecule has 0 bridgehead atoms. The Hall–Kier alpha value is -1.51. The van der Waals surface area contributed by atoms with Gasteiger partial charge in [0, 0.05) is 11.6 Å². The molecule has 0 heterocycles. The van der Waals surface area contributed by atoms with Crippen molar-refractivity contribution in [3.8, 4) is 16.9 Å². The Bertz CT molecular complexity index is 585. The third-order valence-corrected chi connectivity index (χ3v) is 3.62. The number of methoxy groups -OCH3 is 1. The van der Waals surface area contributed by atoms with Gasteiger partial charge in [-0.3, -0.25) is 0 Å². The normalized spacial score (nSPS) is 10.6. The second-order valence-electron chi connectivity index (χ2n) is 4.65. The number of hydrogen-bond acceptors (Lipinski definition) is 2. The van der Waals surface area contributed by atoms with Crippen molar-refractivity contribution < 1.29 is 4.74 Å². The highest BCUT2D eigenvalue weighted by molar-refractivity contribution is 6.31. The molecule has 0 radical (unpaired) electrons. The molecule has 0 atom stereocenters. The smallest absolute Gasteiger partial charge is 0.124 e. The lowest BCUT2D eigenvalue weighted by Crippen LogP contribution is -1.97. The Kier molecular flexibility index (Phi) is 4.13. The SMILES string of the molecule is COc1c(C)cc(-c2ccc(CN)c(Cl)c2)cc1C. The van der Waals surface area contributed by atoms with Crippen LogP contribution >= 0.6 is 11.6 Å². The molecule has 0 aliphatic heterocycles. The van der Waals surface area contributed by atoms with Crippen LogP contribution in [0.3, 0.4) is 0 Å². The summed E-state index contributed by atoms with van der Waals surface area (Å²) in [5, 5.41) is 0.714. The number of aryl methyl sites for hydroxylation is 2. The van der Waals surface area contributed by atoms with Gasteiger partial charge < -0.3 is 10.5 Å². The average Bonchev–Trinajstić information content (AvgIpc) is 2.38. The Labute approximate surface area is 119 Å². The van der Waals surface area contributed by atoms with E-state index in [1.54, 1.807) is 7.11 Å². The van der Waals surface area contributed by atoms with Gasteiger partial charge >= 0.3 is 0 Å². The van der Waals surface area contributed by atoms with Crippen LogP contribution in [-0.2, 0) is 6.54 Å². The molecule has 0 fully saturated rings. The molecule has 0 aliphatic rings. The van der Waals surface area contributed by atoms with Crippen LogP contribution in [0.15, 0.2) is 30.3 Å². The number of benzene rings is 2. The van der Waals surface area contributed by atoms with Crippen LogP contribution in [-0.4, -0.2) is 7.11 Å². The van der Waals surface area contributed by atoms with E-state index in [0.717, 1.165) is 33.6 Å².